The molecule has 0 aliphatic rings. The Bertz CT molecular complexity index is 506. The molecule has 0 amide bonds. The van der Waals surface area contributed by atoms with Gasteiger partial charge in [-0.1, -0.05) is 29.8 Å². The summed E-state index contributed by atoms with van der Waals surface area (Å²) in [6.45, 7) is 0. The molecular formula is C13H9ClIN. The van der Waals surface area contributed by atoms with Crippen molar-refractivity contribution in [2.24, 2.45) is 4.99 Å². The van der Waals surface area contributed by atoms with Crippen molar-refractivity contribution in [3.63, 3.8) is 0 Å². The molecule has 16 heavy (non-hydrogen) atoms. The van der Waals surface area contributed by atoms with Crippen LogP contribution < -0.4 is 0 Å². The number of aliphatic imine (C=N–C) groups is 1. The quantitative estimate of drug-likeness (QED) is 0.555. The number of halogens is 2. The molecule has 2 rings (SSSR count). The Balaban J connectivity index is 2.21. The predicted octanol–water partition coefficient (Wildman–Crippen LogP) is 4.70. The maximum atomic E-state index is 6.02. The van der Waals surface area contributed by atoms with Gasteiger partial charge in [0, 0.05) is 20.4 Å². The van der Waals surface area contributed by atoms with E-state index >= 15 is 0 Å². The molecule has 0 radical (unpaired) electrons. The molecule has 1 nitrogen and oxygen atoms in total. The summed E-state index contributed by atoms with van der Waals surface area (Å²) in [6.07, 6.45) is 1.78. The number of rotatable bonds is 2. The lowest BCUT2D eigenvalue weighted by molar-refractivity contribution is 1.51. The minimum atomic E-state index is 0.719. The van der Waals surface area contributed by atoms with E-state index in [1.165, 1.54) is 3.57 Å². The zero-order chi connectivity index (χ0) is 11.4. The van der Waals surface area contributed by atoms with E-state index in [0.717, 1.165) is 16.3 Å². The van der Waals surface area contributed by atoms with Gasteiger partial charge in [-0.25, -0.2) is 0 Å². The first-order chi connectivity index (χ1) is 7.75. The van der Waals surface area contributed by atoms with Crippen molar-refractivity contribution in [3.8, 4) is 0 Å². The van der Waals surface area contributed by atoms with Crippen LogP contribution in [-0.4, -0.2) is 6.21 Å². The van der Waals surface area contributed by atoms with Gasteiger partial charge in [0.1, 0.15) is 0 Å². The topological polar surface area (TPSA) is 12.4 Å². The van der Waals surface area contributed by atoms with Crippen molar-refractivity contribution in [1.29, 1.82) is 0 Å². The van der Waals surface area contributed by atoms with Gasteiger partial charge in [-0.3, -0.25) is 4.99 Å². The van der Waals surface area contributed by atoms with E-state index in [4.69, 9.17) is 11.6 Å². The van der Waals surface area contributed by atoms with Crippen LogP contribution in [0.2, 0.25) is 5.02 Å². The molecule has 0 atom stereocenters. The van der Waals surface area contributed by atoms with Crippen LogP contribution in [-0.2, 0) is 0 Å². The highest BCUT2D eigenvalue weighted by Crippen LogP contribution is 2.16. The minimum Gasteiger partial charge on any atom is -0.256 e. The Morgan fingerprint density at radius 3 is 2.38 bits per heavy atom. The Kier molecular flexibility index (Phi) is 3.96. The molecule has 0 fully saturated rings. The molecule has 80 valence electrons. The van der Waals surface area contributed by atoms with Crippen LogP contribution >= 0.6 is 34.2 Å². The van der Waals surface area contributed by atoms with Gasteiger partial charge in [-0.05, 0) is 52.9 Å². The molecule has 3 heteroatoms. The molecule has 0 unspecified atom stereocenters. The SMILES string of the molecule is Clc1ccccc1C=Nc1ccc(I)cc1. The molecule has 0 aliphatic heterocycles. The Morgan fingerprint density at radius 1 is 1.00 bits per heavy atom. The van der Waals surface area contributed by atoms with E-state index in [1.807, 2.05) is 48.5 Å². The lowest BCUT2D eigenvalue weighted by atomic mass is 10.2. The van der Waals surface area contributed by atoms with Crippen LogP contribution in [0.5, 0.6) is 0 Å². The van der Waals surface area contributed by atoms with E-state index in [0.29, 0.717) is 0 Å². The molecule has 0 aliphatic carbocycles. The van der Waals surface area contributed by atoms with Gasteiger partial charge in [0.15, 0.2) is 0 Å². The van der Waals surface area contributed by atoms with E-state index in [2.05, 4.69) is 27.6 Å². The summed E-state index contributed by atoms with van der Waals surface area (Å²) in [6, 6.07) is 15.7. The summed E-state index contributed by atoms with van der Waals surface area (Å²) in [4.78, 5) is 4.37. The molecule has 0 heterocycles. The van der Waals surface area contributed by atoms with Crippen LogP contribution in [0.4, 0.5) is 5.69 Å². The zero-order valence-electron chi connectivity index (χ0n) is 8.40. The summed E-state index contributed by atoms with van der Waals surface area (Å²) in [5, 5.41) is 0.719. The summed E-state index contributed by atoms with van der Waals surface area (Å²) in [5.74, 6) is 0. The fraction of sp³-hybridized carbons (Fsp3) is 0. The standard InChI is InChI=1S/C13H9ClIN/c14-13-4-2-1-3-10(13)9-16-12-7-5-11(15)6-8-12/h1-9H. The fourth-order valence-electron chi connectivity index (χ4n) is 1.25. The molecule has 0 N–H and O–H groups in total. The molecule has 2 aromatic rings. The summed E-state index contributed by atoms with van der Waals surface area (Å²) < 4.78 is 1.20. The van der Waals surface area contributed by atoms with Crippen LogP contribution in [0.3, 0.4) is 0 Å². The molecule has 0 aromatic heterocycles. The Hall–Kier alpha value is -0.870. The zero-order valence-corrected chi connectivity index (χ0v) is 11.3. The van der Waals surface area contributed by atoms with E-state index in [1.54, 1.807) is 6.21 Å². The molecule has 0 saturated carbocycles. The molecular weight excluding hydrogens is 333 g/mol. The Morgan fingerprint density at radius 2 is 1.69 bits per heavy atom. The average molecular weight is 342 g/mol. The lowest BCUT2D eigenvalue weighted by Crippen LogP contribution is -1.81. The van der Waals surface area contributed by atoms with Crippen molar-refractivity contribution in [1.82, 2.24) is 0 Å². The van der Waals surface area contributed by atoms with Crippen LogP contribution in [0, 0.1) is 3.57 Å². The fourth-order valence-corrected chi connectivity index (χ4v) is 1.80. The van der Waals surface area contributed by atoms with Crippen LogP contribution in [0.15, 0.2) is 53.5 Å². The normalized spacial score (nSPS) is 10.9. The van der Waals surface area contributed by atoms with E-state index in [9.17, 15) is 0 Å². The second kappa shape index (κ2) is 5.46. The van der Waals surface area contributed by atoms with Gasteiger partial charge in [0.05, 0.1) is 5.69 Å². The van der Waals surface area contributed by atoms with E-state index in [-0.39, 0.29) is 0 Å². The second-order valence-corrected chi connectivity index (χ2v) is 4.91. The van der Waals surface area contributed by atoms with Gasteiger partial charge in [-0.2, -0.15) is 0 Å². The van der Waals surface area contributed by atoms with Gasteiger partial charge < -0.3 is 0 Å². The summed E-state index contributed by atoms with van der Waals surface area (Å²) in [5.41, 5.74) is 1.86. The maximum Gasteiger partial charge on any atom is 0.0630 e. The van der Waals surface area contributed by atoms with Gasteiger partial charge >= 0.3 is 0 Å². The summed E-state index contributed by atoms with van der Waals surface area (Å²) in [7, 11) is 0. The average Bonchev–Trinajstić information content (AvgIpc) is 2.30. The first-order valence-electron chi connectivity index (χ1n) is 4.80. The molecule has 0 bridgehead atoms. The van der Waals surface area contributed by atoms with Crippen LogP contribution in [0.1, 0.15) is 5.56 Å². The smallest absolute Gasteiger partial charge is 0.0630 e. The first kappa shape index (κ1) is 11.6. The number of hydrogen-bond donors (Lipinski definition) is 0. The molecule has 2 aromatic carbocycles. The second-order valence-electron chi connectivity index (χ2n) is 3.26. The van der Waals surface area contributed by atoms with Crippen molar-refractivity contribution >= 4 is 46.1 Å². The third kappa shape index (κ3) is 3.06. The third-order valence-electron chi connectivity index (χ3n) is 2.08. The molecule has 0 saturated heterocycles. The largest absolute Gasteiger partial charge is 0.256 e. The maximum absolute atomic E-state index is 6.02. The highest BCUT2D eigenvalue weighted by molar-refractivity contribution is 14.1. The van der Waals surface area contributed by atoms with Gasteiger partial charge in [0.25, 0.3) is 0 Å². The third-order valence-corrected chi connectivity index (χ3v) is 3.15. The highest BCUT2D eigenvalue weighted by Gasteiger charge is 1.94. The lowest BCUT2D eigenvalue weighted by Gasteiger charge is -1.97. The predicted molar refractivity (Wildman–Crippen MR) is 77.9 cm³/mol. The monoisotopic (exact) mass is 341 g/mol. The number of hydrogen-bond acceptors (Lipinski definition) is 1. The number of benzene rings is 2. The van der Waals surface area contributed by atoms with Crippen molar-refractivity contribution < 1.29 is 0 Å². The van der Waals surface area contributed by atoms with Gasteiger partial charge in [-0.15, -0.1) is 0 Å². The van der Waals surface area contributed by atoms with Crippen molar-refractivity contribution in [3.05, 3.63) is 62.7 Å². The first-order valence-corrected chi connectivity index (χ1v) is 6.25. The Labute approximate surface area is 113 Å². The number of nitrogens with zero attached hydrogens (tertiary/aromatic N) is 1. The van der Waals surface area contributed by atoms with Crippen molar-refractivity contribution in [2.45, 2.75) is 0 Å². The van der Waals surface area contributed by atoms with Gasteiger partial charge in [0.2, 0.25) is 0 Å². The highest BCUT2D eigenvalue weighted by atomic mass is 127. The minimum absolute atomic E-state index is 0.719. The van der Waals surface area contributed by atoms with Crippen LogP contribution in [0.25, 0.3) is 0 Å². The molecule has 0 spiro atoms. The van der Waals surface area contributed by atoms with E-state index < -0.39 is 0 Å². The van der Waals surface area contributed by atoms with Crippen molar-refractivity contribution in [2.75, 3.05) is 0 Å². The summed E-state index contributed by atoms with van der Waals surface area (Å²) >= 11 is 8.29.